The van der Waals surface area contributed by atoms with Crippen molar-refractivity contribution in [1.82, 2.24) is 25.1 Å². The predicted molar refractivity (Wildman–Crippen MR) is 102 cm³/mol. The van der Waals surface area contributed by atoms with Gasteiger partial charge in [-0.15, -0.1) is 5.10 Å². The van der Waals surface area contributed by atoms with E-state index in [2.05, 4.69) is 20.4 Å². The molecule has 11 heteroatoms. The molecule has 3 aliphatic rings. The summed E-state index contributed by atoms with van der Waals surface area (Å²) in [6.07, 6.45) is 1.42. The summed E-state index contributed by atoms with van der Waals surface area (Å²) in [6, 6.07) is 3.76. The van der Waals surface area contributed by atoms with E-state index < -0.39 is 0 Å². The second kappa shape index (κ2) is 9.11. The van der Waals surface area contributed by atoms with Gasteiger partial charge in [0.25, 0.3) is 0 Å². The number of ether oxygens (including phenoxy) is 4. The largest absolute Gasteiger partial charge is 0.468 e. The van der Waals surface area contributed by atoms with Crippen LogP contribution in [0.25, 0.3) is 0 Å². The molecule has 0 radical (unpaired) electrons. The summed E-state index contributed by atoms with van der Waals surface area (Å²) in [5.74, 6) is 1.55. The first-order chi connectivity index (χ1) is 14.4. The zero-order valence-corrected chi connectivity index (χ0v) is 16.9. The molecule has 0 unspecified atom stereocenters. The van der Waals surface area contributed by atoms with Gasteiger partial charge < -0.3 is 23.4 Å². The lowest BCUT2D eigenvalue weighted by molar-refractivity contribution is -0.0450. The van der Waals surface area contributed by atoms with E-state index in [1.54, 1.807) is 6.26 Å². The third-order valence-electron chi connectivity index (χ3n) is 5.53. The molecule has 2 aromatic heterocycles. The first-order valence-electron chi connectivity index (χ1n) is 9.96. The van der Waals surface area contributed by atoms with E-state index in [9.17, 15) is 0 Å². The van der Waals surface area contributed by atoms with Crippen LogP contribution in [-0.4, -0.2) is 96.1 Å². The van der Waals surface area contributed by atoms with Crippen LogP contribution in [0.2, 0.25) is 0 Å². The molecule has 3 aliphatic heterocycles. The summed E-state index contributed by atoms with van der Waals surface area (Å²) in [6.45, 7) is 6.15. The summed E-state index contributed by atoms with van der Waals surface area (Å²) in [7, 11) is 0. The van der Waals surface area contributed by atoms with E-state index in [1.807, 2.05) is 16.8 Å². The van der Waals surface area contributed by atoms with Gasteiger partial charge in [-0.3, -0.25) is 4.90 Å². The number of nitrogens with zero attached hydrogens (tertiary/aromatic N) is 5. The van der Waals surface area contributed by atoms with Crippen molar-refractivity contribution < 1.29 is 23.4 Å². The van der Waals surface area contributed by atoms with Crippen LogP contribution >= 0.6 is 11.8 Å². The first-order valence-corrected chi connectivity index (χ1v) is 10.9. The number of fused-ring (bicyclic) bond motifs is 1. The van der Waals surface area contributed by atoms with Crippen molar-refractivity contribution in [2.45, 2.75) is 35.3 Å². The highest BCUT2D eigenvalue weighted by atomic mass is 32.2. The zero-order valence-electron chi connectivity index (χ0n) is 16.1. The highest BCUT2D eigenvalue weighted by Crippen LogP contribution is 2.36. The number of hydrogen-bond donors (Lipinski definition) is 0. The SMILES string of the molecule is c1coc(CSc2nnnn2[C@H]2CO[C@H]3[C@@H]2OC[C@H]3OCCN2CCOCC2)c1. The lowest BCUT2D eigenvalue weighted by atomic mass is 10.1. The Labute approximate surface area is 172 Å². The van der Waals surface area contributed by atoms with Gasteiger partial charge in [0.05, 0.1) is 45.1 Å². The average Bonchev–Trinajstić information content (AvgIpc) is 3.53. The Balaban J connectivity index is 1.15. The van der Waals surface area contributed by atoms with Crippen molar-refractivity contribution >= 4 is 11.8 Å². The van der Waals surface area contributed by atoms with Crippen LogP contribution in [0, 0.1) is 0 Å². The molecule has 0 spiro atoms. The molecule has 10 nitrogen and oxygen atoms in total. The monoisotopic (exact) mass is 423 g/mol. The zero-order chi connectivity index (χ0) is 19.5. The minimum absolute atomic E-state index is 0.0538. The third-order valence-corrected chi connectivity index (χ3v) is 6.48. The summed E-state index contributed by atoms with van der Waals surface area (Å²) >= 11 is 1.54. The predicted octanol–water partition coefficient (Wildman–Crippen LogP) is 0.615. The summed E-state index contributed by atoms with van der Waals surface area (Å²) in [5, 5.41) is 12.9. The number of morpholine rings is 1. The molecule has 29 heavy (non-hydrogen) atoms. The Kier molecular flexibility index (Phi) is 6.11. The van der Waals surface area contributed by atoms with E-state index in [4.69, 9.17) is 23.4 Å². The molecule has 5 heterocycles. The Morgan fingerprint density at radius 3 is 2.93 bits per heavy atom. The van der Waals surface area contributed by atoms with Crippen molar-refractivity contribution in [2.75, 3.05) is 52.7 Å². The van der Waals surface area contributed by atoms with Crippen molar-refractivity contribution in [3.63, 3.8) is 0 Å². The van der Waals surface area contributed by atoms with Crippen molar-refractivity contribution in [3.05, 3.63) is 24.2 Å². The van der Waals surface area contributed by atoms with Crippen LogP contribution in [0.3, 0.4) is 0 Å². The quantitative estimate of drug-likeness (QED) is 0.562. The van der Waals surface area contributed by atoms with Crippen molar-refractivity contribution in [1.29, 1.82) is 0 Å². The molecule has 0 saturated carbocycles. The molecule has 4 atom stereocenters. The van der Waals surface area contributed by atoms with Crippen LogP contribution in [0.5, 0.6) is 0 Å². The fraction of sp³-hybridized carbons (Fsp3) is 0.722. The van der Waals surface area contributed by atoms with Crippen LogP contribution in [0.15, 0.2) is 28.0 Å². The Bertz CT molecular complexity index is 769. The number of tetrazole rings is 1. The van der Waals surface area contributed by atoms with Gasteiger partial charge in [0, 0.05) is 19.6 Å². The second-order valence-electron chi connectivity index (χ2n) is 7.30. The normalized spacial score (nSPS) is 30.1. The molecule has 2 aromatic rings. The van der Waals surface area contributed by atoms with Crippen molar-refractivity contribution in [2.24, 2.45) is 0 Å². The van der Waals surface area contributed by atoms with E-state index >= 15 is 0 Å². The number of rotatable bonds is 8. The fourth-order valence-corrected chi connectivity index (χ4v) is 4.81. The molecule has 0 N–H and O–H groups in total. The lowest BCUT2D eigenvalue weighted by Gasteiger charge is -2.27. The van der Waals surface area contributed by atoms with Gasteiger partial charge in [0.15, 0.2) is 0 Å². The topological polar surface area (TPSA) is 96.9 Å². The third kappa shape index (κ3) is 4.35. The number of hydrogen-bond acceptors (Lipinski definition) is 10. The molecule has 5 rings (SSSR count). The Morgan fingerprint density at radius 1 is 1.17 bits per heavy atom. The number of aromatic nitrogens is 4. The molecule has 0 aromatic carbocycles. The minimum atomic E-state index is -0.102. The number of thioether (sulfide) groups is 1. The van der Waals surface area contributed by atoms with E-state index in [0.717, 1.165) is 43.8 Å². The maximum atomic E-state index is 6.10. The average molecular weight is 423 g/mol. The minimum Gasteiger partial charge on any atom is -0.468 e. The van der Waals surface area contributed by atoms with E-state index in [1.165, 1.54) is 11.8 Å². The van der Waals surface area contributed by atoms with Crippen LogP contribution in [0.4, 0.5) is 0 Å². The van der Waals surface area contributed by atoms with Crippen LogP contribution in [-0.2, 0) is 24.7 Å². The maximum absolute atomic E-state index is 6.10. The standard InChI is InChI=1S/C18H25N5O5S/c1-2-13(25-6-1)12-29-18-19-20-21-23(18)14-10-27-17-15(11-28-16(14)17)26-9-5-22-3-7-24-8-4-22/h1-2,6,14-17H,3-5,7-12H2/t14-,15+,16+,17+/m0/s1. The Hall–Kier alpha value is -1.50. The van der Waals surface area contributed by atoms with Gasteiger partial charge in [-0.25, -0.2) is 4.68 Å². The molecular formula is C18H25N5O5S. The van der Waals surface area contributed by atoms with E-state index in [-0.39, 0.29) is 24.4 Å². The molecule has 3 saturated heterocycles. The highest BCUT2D eigenvalue weighted by Gasteiger charge is 2.50. The van der Waals surface area contributed by atoms with Crippen LogP contribution in [0.1, 0.15) is 11.8 Å². The van der Waals surface area contributed by atoms with Gasteiger partial charge in [-0.05, 0) is 22.6 Å². The summed E-state index contributed by atoms with van der Waals surface area (Å²) in [5.41, 5.74) is 0. The smallest absolute Gasteiger partial charge is 0.210 e. The second-order valence-corrected chi connectivity index (χ2v) is 8.24. The maximum Gasteiger partial charge on any atom is 0.210 e. The first kappa shape index (κ1) is 19.5. The molecule has 0 amide bonds. The molecule has 0 aliphatic carbocycles. The number of furan rings is 1. The Morgan fingerprint density at radius 2 is 2.07 bits per heavy atom. The summed E-state index contributed by atoms with van der Waals surface area (Å²) in [4.78, 5) is 2.36. The molecule has 3 fully saturated rings. The van der Waals surface area contributed by atoms with Crippen molar-refractivity contribution in [3.8, 4) is 0 Å². The summed E-state index contributed by atoms with van der Waals surface area (Å²) < 4.78 is 30.8. The van der Waals surface area contributed by atoms with Gasteiger partial charge in [0.1, 0.15) is 30.1 Å². The lowest BCUT2D eigenvalue weighted by Crippen LogP contribution is -2.40. The van der Waals surface area contributed by atoms with Gasteiger partial charge in [0.2, 0.25) is 5.16 Å². The molecule has 0 bridgehead atoms. The molecule has 158 valence electrons. The molecular weight excluding hydrogens is 398 g/mol. The fourth-order valence-electron chi connectivity index (χ4n) is 3.97. The highest BCUT2D eigenvalue weighted by molar-refractivity contribution is 7.98. The van der Waals surface area contributed by atoms with Gasteiger partial charge >= 0.3 is 0 Å². The van der Waals surface area contributed by atoms with Gasteiger partial charge in [-0.2, -0.15) is 0 Å². The van der Waals surface area contributed by atoms with Crippen LogP contribution < -0.4 is 0 Å². The van der Waals surface area contributed by atoms with Gasteiger partial charge in [-0.1, -0.05) is 11.8 Å². The van der Waals surface area contributed by atoms with E-state index in [0.29, 0.717) is 25.6 Å².